The fourth-order valence-electron chi connectivity index (χ4n) is 0.967. The van der Waals surface area contributed by atoms with Crippen molar-refractivity contribution in [3.05, 3.63) is 18.1 Å². The predicted molar refractivity (Wildman–Crippen MR) is 47.7 cm³/mol. The largest absolute Gasteiger partial charge is 0.480 e. The minimum atomic E-state index is -0.984. The van der Waals surface area contributed by atoms with E-state index in [0.717, 1.165) is 0 Å². The van der Waals surface area contributed by atoms with Crippen molar-refractivity contribution in [1.82, 2.24) is 9.97 Å². The highest BCUT2D eigenvalue weighted by Gasteiger charge is 2.11. The molecule has 0 aromatic carbocycles. The van der Waals surface area contributed by atoms with Gasteiger partial charge >= 0.3 is 5.97 Å². The molecule has 1 rings (SSSR count). The maximum Gasteiger partial charge on any atom is 0.323 e. The molecule has 72 valence electrons. The Labute approximate surface area is 80.4 Å². The molecule has 0 aliphatic rings. The summed E-state index contributed by atoms with van der Waals surface area (Å²) in [5.74, 6) is -0.709. The lowest BCUT2D eigenvalue weighted by Gasteiger charge is -2.15. The zero-order chi connectivity index (χ0) is 10.6. The number of carbonyl (C=O) groups is 1. The molecule has 14 heavy (non-hydrogen) atoms. The van der Waals surface area contributed by atoms with E-state index in [1.807, 2.05) is 6.07 Å². The van der Waals surface area contributed by atoms with E-state index in [4.69, 9.17) is 10.4 Å². The maximum absolute atomic E-state index is 10.4. The van der Waals surface area contributed by atoms with Gasteiger partial charge in [0.2, 0.25) is 0 Å². The average molecular weight is 192 g/mol. The fraction of sp³-hybridized carbons (Fsp3) is 0.250. The summed E-state index contributed by atoms with van der Waals surface area (Å²) in [7, 11) is 1.54. The molecule has 0 unspecified atom stereocenters. The van der Waals surface area contributed by atoms with Crippen LogP contribution in [0.4, 0.5) is 5.82 Å². The Morgan fingerprint density at radius 3 is 2.86 bits per heavy atom. The minimum Gasteiger partial charge on any atom is -0.480 e. The minimum absolute atomic E-state index is 0.122. The van der Waals surface area contributed by atoms with Crippen LogP contribution < -0.4 is 4.90 Å². The van der Waals surface area contributed by atoms with Crippen LogP contribution in [0.5, 0.6) is 0 Å². The fourth-order valence-corrected chi connectivity index (χ4v) is 0.967. The van der Waals surface area contributed by atoms with E-state index >= 15 is 0 Å². The molecule has 0 fully saturated rings. The summed E-state index contributed by atoms with van der Waals surface area (Å²) in [5, 5.41) is 17.2. The molecule has 0 bridgehead atoms. The van der Waals surface area contributed by atoms with Crippen LogP contribution in [0.1, 0.15) is 5.69 Å². The number of anilines is 1. The number of carboxylic acid groups (broad SMARTS) is 1. The second-order valence-corrected chi connectivity index (χ2v) is 2.59. The summed E-state index contributed by atoms with van der Waals surface area (Å²) < 4.78 is 0. The second-order valence-electron chi connectivity index (χ2n) is 2.59. The lowest BCUT2D eigenvalue weighted by molar-refractivity contribution is -0.135. The van der Waals surface area contributed by atoms with E-state index in [1.165, 1.54) is 17.3 Å². The van der Waals surface area contributed by atoms with E-state index in [-0.39, 0.29) is 18.1 Å². The van der Waals surface area contributed by atoms with Crippen LogP contribution in [-0.2, 0) is 4.79 Å². The van der Waals surface area contributed by atoms with E-state index in [2.05, 4.69) is 9.97 Å². The Morgan fingerprint density at radius 1 is 1.64 bits per heavy atom. The lowest BCUT2D eigenvalue weighted by Crippen LogP contribution is -2.26. The van der Waals surface area contributed by atoms with Gasteiger partial charge in [0.1, 0.15) is 12.6 Å². The highest BCUT2D eigenvalue weighted by atomic mass is 16.4. The molecule has 0 atom stereocenters. The smallest absolute Gasteiger partial charge is 0.323 e. The van der Waals surface area contributed by atoms with Crippen molar-refractivity contribution < 1.29 is 9.90 Å². The van der Waals surface area contributed by atoms with E-state index in [0.29, 0.717) is 0 Å². The first-order valence-electron chi connectivity index (χ1n) is 3.79. The molecule has 6 heteroatoms. The number of aliphatic carboxylic acids is 1. The molecular weight excluding hydrogens is 184 g/mol. The van der Waals surface area contributed by atoms with E-state index in [9.17, 15) is 4.79 Å². The van der Waals surface area contributed by atoms with Gasteiger partial charge in [-0.25, -0.2) is 9.97 Å². The third-order valence-electron chi connectivity index (χ3n) is 1.52. The molecule has 0 amide bonds. The predicted octanol–water partition coefficient (Wildman–Crippen LogP) is -0.131. The van der Waals surface area contributed by atoms with Gasteiger partial charge in [-0.05, 0) is 0 Å². The van der Waals surface area contributed by atoms with Crippen LogP contribution in [0.25, 0.3) is 0 Å². The number of rotatable bonds is 3. The zero-order valence-corrected chi connectivity index (χ0v) is 7.51. The Kier molecular flexibility index (Phi) is 2.97. The van der Waals surface area contributed by atoms with Gasteiger partial charge in [-0.1, -0.05) is 0 Å². The molecule has 0 spiro atoms. The van der Waals surface area contributed by atoms with Gasteiger partial charge in [0.05, 0.1) is 0 Å². The standard InChI is InChI=1S/C8H8N4O2/c1-12(5-7(13)14)8-6(4-9)10-2-3-11-8/h2-3H,5H2,1H3,(H,13,14). The number of nitriles is 1. The van der Waals surface area contributed by atoms with Crippen LogP contribution in [-0.4, -0.2) is 34.6 Å². The Morgan fingerprint density at radius 2 is 2.29 bits per heavy atom. The number of hydrogen-bond acceptors (Lipinski definition) is 5. The molecule has 0 saturated heterocycles. The van der Waals surface area contributed by atoms with Crippen molar-refractivity contribution in [2.24, 2.45) is 0 Å². The number of carboxylic acids is 1. The SMILES string of the molecule is CN(CC(=O)O)c1nccnc1C#N. The average Bonchev–Trinajstić information content (AvgIpc) is 2.16. The van der Waals surface area contributed by atoms with E-state index < -0.39 is 5.97 Å². The van der Waals surface area contributed by atoms with Gasteiger partial charge in [-0.15, -0.1) is 0 Å². The van der Waals surface area contributed by atoms with Crippen molar-refractivity contribution in [2.45, 2.75) is 0 Å². The Bertz CT molecular complexity index is 385. The summed E-state index contributed by atoms with van der Waals surface area (Å²) in [6, 6.07) is 1.84. The van der Waals surface area contributed by atoms with Crippen LogP contribution in [0.3, 0.4) is 0 Å². The van der Waals surface area contributed by atoms with Gasteiger partial charge in [-0.2, -0.15) is 5.26 Å². The lowest BCUT2D eigenvalue weighted by atomic mass is 10.4. The molecule has 1 aromatic rings. The highest BCUT2D eigenvalue weighted by Crippen LogP contribution is 2.10. The van der Waals surface area contributed by atoms with Crippen LogP contribution in [0.2, 0.25) is 0 Å². The third kappa shape index (κ3) is 2.17. The van der Waals surface area contributed by atoms with Crippen molar-refractivity contribution in [3.8, 4) is 6.07 Å². The molecule has 0 aliphatic heterocycles. The molecule has 1 N–H and O–H groups in total. The normalized spacial score (nSPS) is 9.14. The molecule has 1 heterocycles. The van der Waals surface area contributed by atoms with Crippen molar-refractivity contribution >= 4 is 11.8 Å². The molecule has 1 aromatic heterocycles. The summed E-state index contributed by atoms with van der Waals surface area (Å²) in [6.45, 7) is -0.215. The summed E-state index contributed by atoms with van der Waals surface area (Å²) in [5.41, 5.74) is 0.122. The zero-order valence-electron chi connectivity index (χ0n) is 7.51. The number of likely N-dealkylation sites (N-methyl/N-ethyl adjacent to an activating group) is 1. The van der Waals surface area contributed by atoms with Crippen LogP contribution in [0, 0.1) is 11.3 Å². The Hall–Kier alpha value is -2.16. The van der Waals surface area contributed by atoms with Gasteiger partial charge in [0.15, 0.2) is 11.5 Å². The van der Waals surface area contributed by atoms with Crippen molar-refractivity contribution in [3.63, 3.8) is 0 Å². The maximum atomic E-state index is 10.4. The molecule has 0 saturated carbocycles. The summed E-state index contributed by atoms with van der Waals surface area (Å²) in [6.07, 6.45) is 2.80. The van der Waals surface area contributed by atoms with Gasteiger partial charge < -0.3 is 10.0 Å². The molecule has 0 aliphatic carbocycles. The topological polar surface area (TPSA) is 90.1 Å². The molecule has 0 radical (unpaired) electrons. The number of hydrogen-bond donors (Lipinski definition) is 1. The van der Waals surface area contributed by atoms with Gasteiger partial charge in [-0.3, -0.25) is 4.79 Å². The van der Waals surface area contributed by atoms with Crippen molar-refractivity contribution in [2.75, 3.05) is 18.5 Å². The van der Waals surface area contributed by atoms with E-state index in [1.54, 1.807) is 7.05 Å². The summed E-state index contributed by atoms with van der Waals surface area (Å²) in [4.78, 5) is 19.4. The molecular formula is C8H8N4O2. The first kappa shape index (κ1) is 9.92. The second kappa shape index (κ2) is 4.18. The third-order valence-corrected chi connectivity index (χ3v) is 1.52. The first-order valence-corrected chi connectivity index (χ1v) is 3.79. The number of aromatic nitrogens is 2. The highest BCUT2D eigenvalue weighted by molar-refractivity contribution is 5.73. The quantitative estimate of drug-likeness (QED) is 0.717. The monoisotopic (exact) mass is 192 g/mol. The first-order chi connectivity index (χ1) is 6.65. The van der Waals surface area contributed by atoms with Gasteiger partial charge in [0.25, 0.3) is 0 Å². The van der Waals surface area contributed by atoms with Gasteiger partial charge in [0, 0.05) is 19.4 Å². The van der Waals surface area contributed by atoms with Crippen LogP contribution >= 0.6 is 0 Å². The van der Waals surface area contributed by atoms with Crippen LogP contribution in [0.15, 0.2) is 12.4 Å². The summed E-state index contributed by atoms with van der Waals surface area (Å²) >= 11 is 0. The van der Waals surface area contributed by atoms with Crippen molar-refractivity contribution in [1.29, 1.82) is 5.26 Å². The Balaban J connectivity index is 2.95. The number of nitrogens with zero attached hydrogens (tertiary/aromatic N) is 4. The molecule has 6 nitrogen and oxygen atoms in total.